The fourth-order valence-corrected chi connectivity index (χ4v) is 5.71. The molecule has 2 aromatic rings. The molecule has 0 radical (unpaired) electrons. The summed E-state index contributed by atoms with van der Waals surface area (Å²) in [6, 6.07) is 15.7. The summed E-state index contributed by atoms with van der Waals surface area (Å²) in [7, 11) is -3.73. The lowest BCUT2D eigenvalue weighted by atomic mass is 9.83. The van der Waals surface area contributed by atoms with Gasteiger partial charge in [0.1, 0.15) is 0 Å². The molecule has 2 aliphatic heterocycles. The molecule has 4 rings (SSSR count). The number of nitrogens with zero attached hydrogens (tertiary/aromatic N) is 1. The first-order chi connectivity index (χ1) is 12.8. The third kappa shape index (κ3) is 2.80. The average Bonchev–Trinajstić information content (AvgIpc) is 3.17. The van der Waals surface area contributed by atoms with E-state index in [4.69, 9.17) is 4.74 Å². The topological polar surface area (TPSA) is 63.7 Å². The Kier molecular flexibility index (Phi) is 4.20. The van der Waals surface area contributed by atoms with Crippen LogP contribution in [0, 0.1) is 6.92 Å². The smallest absolute Gasteiger partial charge is 0.308 e. The van der Waals surface area contributed by atoms with Crippen molar-refractivity contribution in [1.29, 1.82) is 0 Å². The molecule has 6 heteroatoms. The highest BCUT2D eigenvalue weighted by atomic mass is 32.2. The van der Waals surface area contributed by atoms with Gasteiger partial charge in [-0.25, -0.2) is 8.42 Å². The summed E-state index contributed by atoms with van der Waals surface area (Å²) < 4.78 is 33.6. The van der Waals surface area contributed by atoms with E-state index < -0.39 is 21.7 Å². The maximum atomic E-state index is 13.2. The minimum atomic E-state index is -3.73. The molecule has 0 N–H and O–H groups in total. The van der Waals surface area contributed by atoms with Crippen LogP contribution >= 0.6 is 0 Å². The molecule has 140 valence electrons. The van der Waals surface area contributed by atoms with Crippen molar-refractivity contribution in [2.45, 2.75) is 36.3 Å². The SMILES string of the molecule is C=C(c1ccccc1)C12CCN(S(=O)(=O)c3ccc(C)cc3)C1CC(=O)O2. The Labute approximate surface area is 159 Å². The number of carbonyl (C=O) groups excluding carboxylic acids is 1. The molecule has 2 aromatic carbocycles. The maximum absolute atomic E-state index is 13.2. The molecule has 2 atom stereocenters. The lowest BCUT2D eigenvalue weighted by molar-refractivity contribution is -0.144. The van der Waals surface area contributed by atoms with Crippen LogP contribution in [0.25, 0.3) is 5.57 Å². The van der Waals surface area contributed by atoms with Crippen LogP contribution < -0.4 is 0 Å². The zero-order valence-electron chi connectivity index (χ0n) is 15.1. The standard InChI is InChI=1S/C21H21NO4S/c1-15-8-10-18(11-9-15)27(24,25)22-13-12-21(19(22)14-20(23)26-21)16(2)17-6-4-3-5-7-17/h3-11,19H,2,12-14H2,1H3. The number of rotatable bonds is 4. The fraction of sp³-hybridized carbons (Fsp3) is 0.286. The van der Waals surface area contributed by atoms with Crippen LogP contribution in [0.5, 0.6) is 0 Å². The maximum Gasteiger partial charge on any atom is 0.308 e. The molecule has 0 amide bonds. The molecule has 2 saturated heterocycles. The van der Waals surface area contributed by atoms with Crippen LogP contribution in [-0.2, 0) is 19.6 Å². The first kappa shape index (κ1) is 17.9. The molecular weight excluding hydrogens is 362 g/mol. The Morgan fingerprint density at radius 1 is 1.15 bits per heavy atom. The largest absolute Gasteiger partial charge is 0.452 e. The third-order valence-corrected chi connectivity index (χ3v) is 7.43. The van der Waals surface area contributed by atoms with E-state index in [1.165, 1.54) is 4.31 Å². The van der Waals surface area contributed by atoms with E-state index >= 15 is 0 Å². The molecule has 2 fully saturated rings. The van der Waals surface area contributed by atoms with Gasteiger partial charge < -0.3 is 4.74 Å². The zero-order valence-corrected chi connectivity index (χ0v) is 15.9. The number of benzene rings is 2. The van der Waals surface area contributed by atoms with Crippen molar-refractivity contribution >= 4 is 21.6 Å². The number of esters is 1. The number of sulfonamides is 1. The van der Waals surface area contributed by atoms with E-state index in [1.807, 2.05) is 37.3 Å². The Morgan fingerprint density at radius 2 is 1.81 bits per heavy atom. The first-order valence-electron chi connectivity index (χ1n) is 8.90. The summed E-state index contributed by atoms with van der Waals surface area (Å²) in [5, 5.41) is 0. The lowest BCUT2D eigenvalue weighted by Gasteiger charge is -2.31. The lowest BCUT2D eigenvalue weighted by Crippen LogP contribution is -2.44. The van der Waals surface area contributed by atoms with E-state index in [-0.39, 0.29) is 17.3 Å². The number of hydrogen-bond acceptors (Lipinski definition) is 4. The van der Waals surface area contributed by atoms with Crippen molar-refractivity contribution in [1.82, 2.24) is 4.31 Å². The normalized spacial score (nSPS) is 25.2. The Morgan fingerprint density at radius 3 is 2.48 bits per heavy atom. The van der Waals surface area contributed by atoms with Crippen molar-refractivity contribution in [2.75, 3.05) is 6.54 Å². The molecule has 2 heterocycles. The van der Waals surface area contributed by atoms with E-state index in [0.717, 1.165) is 11.1 Å². The molecule has 0 bridgehead atoms. The second-order valence-electron chi connectivity index (χ2n) is 7.11. The van der Waals surface area contributed by atoms with Gasteiger partial charge in [-0.3, -0.25) is 4.79 Å². The van der Waals surface area contributed by atoms with Crippen LogP contribution in [0.15, 0.2) is 66.1 Å². The van der Waals surface area contributed by atoms with Gasteiger partial charge in [0.05, 0.1) is 17.4 Å². The average molecular weight is 383 g/mol. The molecular formula is C21H21NO4S. The quantitative estimate of drug-likeness (QED) is 0.761. The number of aryl methyl sites for hydroxylation is 1. The minimum Gasteiger partial charge on any atom is -0.452 e. The van der Waals surface area contributed by atoms with E-state index in [0.29, 0.717) is 18.5 Å². The van der Waals surface area contributed by atoms with Gasteiger partial charge in [-0.1, -0.05) is 54.6 Å². The highest BCUT2D eigenvalue weighted by Gasteiger charge is 2.60. The number of fused-ring (bicyclic) bond motifs is 1. The molecule has 27 heavy (non-hydrogen) atoms. The molecule has 5 nitrogen and oxygen atoms in total. The van der Waals surface area contributed by atoms with Gasteiger partial charge in [-0.2, -0.15) is 4.31 Å². The minimum absolute atomic E-state index is 0.0386. The summed E-state index contributed by atoms with van der Waals surface area (Å²) in [6.45, 7) is 6.38. The van der Waals surface area contributed by atoms with E-state index in [9.17, 15) is 13.2 Å². The highest BCUT2D eigenvalue weighted by Crippen LogP contribution is 2.49. The summed E-state index contributed by atoms with van der Waals surface area (Å²) >= 11 is 0. The summed E-state index contributed by atoms with van der Waals surface area (Å²) in [5.74, 6) is -0.388. The molecule has 2 unspecified atom stereocenters. The van der Waals surface area contributed by atoms with Crippen molar-refractivity contribution < 1.29 is 17.9 Å². The van der Waals surface area contributed by atoms with Gasteiger partial charge in [-0.05, 0) is 30.2 Å². The molecule has 0 spiro atoms. The number of ether oxygens (including phenoxy) is 1. The van der Waals surface area contributed by atoms with Gasteiger partial charge in [0.15, 0.2) is 5.60 Å². The summed E-state index contributed by atoms with van der Waals surface area (Å²) in [6.07, 6.45) is 0.444. The Balaban J connectivity index is 1.73. The summed E-state index contributed by atoms with van der Waals surface area (Å²) in [4.78, 5) is 12.4. The Bertz CT molecular complexity index is 998. The monoisotopic (exact) mass is 383 g/mol. The first-order valence-corrected chi connectivity index (χ1v) is 10.3. The van der Waals surface area contributed by atoms with Crippen molar-refractivity contribution in [3.8, 4) is 0 Å². The molecule has 0 saturated carbocycles. The predicted octanol–water partition coefficient (Wildman–Crippen LogP) is 3.16. The van der Waals surface area contributed by atoms with Gasteiger partial charge in [0.2, 0.25) is 10.0 Å². The van der Waals surface area contributed by atoms with Crippen LogP contribution in [-0.4, -0.2) is 36.9 Å². The molecule has 0 aliphatic carbocycles. The zero-order chi connectivity index (χ0) is 19.2. The van der Waals surface area contributed by atoms with Crippen LogP contribution in [0.1, 0.15) is 24.0 Å². The predicted molar refractivity (Wildman–Crippen MR) is 102 cm³/mol. The number of hydrogen-bond donors (Lipinski definition) is 0. The van der Waals surface area contributed by atoms with Gasteiger partial charge >= 0.3 is 5.97 Å². The van der Waals surface area contributed by atoms with Crippen LogP contribution in [0.2, 0.25) is 0 Å². The molecule has 0 aromatic heterocycles. The van der Waals surface area contributed by atoms with Crippen molar-refractivity contribution in [2.24, 2.45) is 0 Å². The fourth-order valence-electron chi connectivity index (χ4n) is 4.05. The second-order valence-corrected chi connectivity index (χ2v) is 9.00. The van der Waals surface area contributed by atoms with Gasteiger partial charge in [-0.15, -0.1) is 0 Å². The Hall–Kier alpha value is -2.44. The molecule has 2 aliphatic rings. The van der Waals surface area contributed by atoms with Crippen LogP contribution in [0.3, 0.4) is 0 Å². The second kappa shape index (κ2) is 6.32. The van der Waals surface area contributed by atoms with Crippen molar-refractivity contribution in [3.05, 3.63) is 72.3 Å². The third-order valence-electron chi connectivity index (χ3n) is 5.51. The number of carbonyl (C=O) groups is 1. The van der Waals surface area contributed by atoms with E-state index in [1.54, 1.807) is 24.3 Å². The van der Waals surface area contributed by atoms with Crippen molar-refractivity contribution in [3.63, 3.8) is 0 Å². The van der Waals surface area contributed by atoms with Crippen LogP contribution in [0.4, 0.5) is 0 Å². The van der Waals surface area contributed by atoms with Gasteiger partial charge in [0.25, 0.3) is 0 Å². The van der Waals surface area contributed by atoms with E-state index in [2.05, 4.69) is 6.58 Å². The summed E-state index contributed by atoms with van der Waals surface area (Å²) in [5.41, 5.74) is 1.49. The highest BCUT2D eigenvalue weighted by molar-refractivity contribution is 7.89. The van der Waals surface area contributed by atoms with Gasteiger partial charge in [0, 0.05) is 13.0 Å².